The maximum atomic E-state index is 6.10. The molecule has 0 aromatic heterocycles. The molecule has 2 saturated heterocycles. The Morgan fingerprint density at radius 1 is 0.850 bits per heavy atom. The molecule has 0 saturated carbocycles. The first-order chi connectivity index (χ1) is 9.92. The molecule has 4 rings (SSSR count). The highest BCUT2D eigenvalue weighted by molar-refractivity contribution is 5.83. The fourth-order valence-corrected chi connectivity index (χ4v) is 3.67. The van der Waals surface area contributed by atoms with E-state index in [1.54, 1.807) is 0 Å². The van der Waals surface area contributed by atoms with Crippen LogP contribution in [0.4, 0.5) is 0 Å². The van der Waals surface area contributed by atoms with Gasteiger partial charge in [-0.2, -0.15) is 0 Å². The second kappa shape index (κ2) is 5.19. The predicted molar refractivity (Wildman–Crippen MR) is 79.7 cm³/mol. The summed E-state index contributed by atoms with van der Waals surface area (Å²) < 4.78 is 12.0. The van der Waals surface area contributed by atoms with E-state index in [0.29, 0.717) is 12.0 Å². The monoisotopic (exact) mass is 268 g/mol. The highest BCUT2D eigenvalue weighted by Gasteiger charge is 2.37. The zero-order chi connectivity index (χ0) is 13.4. The van der Waals surface area contributed by atoms with E-state index in [-0.39, 0.29) is 6.10 Å². The number of hydrogen-bond donors (Lipinski definition) is 0. The van der Waals surface area contributed by atoms with Gasteiger partial charge in [-0.15, -0.1) is 0 Å². The normalized spacial score (nSPS) is 30.1. The molecule has 2 fully saturated rings. The Kier molecular flexibility index (Phi) is 3.21. The topological polar surface area (TPSA) is 18.5 Å². The van der Waals surface area contributed by atoms with Crippen LogP contribution in [0.3, 0.4) is 0 Å². The van der Waals surface area contributed by atoms with Gasteiger partial charge in [0.2, 0.25) is 0 Å². The maximum absolute atomic E-state index is 6.10. The van der Waals surface area contributed by atoms with Crippen molar-refractivity contribution in [1.29, 1.82) is 0 Å². The average Bonchev–Trinajstić information content (AvgIpc) is 2.54. The van der Waals surface area contributed by atoms with Crippen LogP contribution < -0.4 is 0 Å². The molecule has 2 heterocycles. The third kappa shape index (κ3) is 2.13. The molecule has 2 aromatic carbocycles. The van der Waals surface area contributed by atoms with Crippen molar-refractivity contribution in [3.8, 4) is 0 Å². The van der Waals surface area contributed by atoms with Gasteiger partial charge < -0.3 is 9.47 Å². The van der Waals surface area contributed by atoms with Crippen molar-refractivity contribution in [2.75, 3.05) is 13.2 Å². The van der Waals surface area contributed by atoms with Gasteiger partial charge >= 0.3 is 0 Å². The number of rotatable bonds is 1. The van der Waals surface area contributed by atoms with Crippen LogP contribution in [0, 0.1) is 5.92 Å². The Labute approximate surface area is 119 Å². The summed E-state index contributed by atoms with van der Waals surface area (Å²) in [6.45, 7) is 1.74. The highest BCUT2D eigenvalue weighted by Crippen LogP contribution is 2.40. The second-order valence-corrected chi connectivity index (χ2v) is 5.90. The van der Waals surface area contributed by atoms with E-state index in [4.69, 9.17) is 9.47 Å². The van der Waals surface area contributed by atoms with Crippen molar-refractivity contribution >= 4 is 10.8 Å². The van der Waals surface area contributed by atoms with E-state index in [2.05, 4.69) is 42.5 Å². The maximum Gasteiger partial charge on any atom is 0.0878 e. The predicted octanol–water partition coefficient (Wildman–Crippen LogP) is 4.10. The van der Waals surface area contributed by atoms with Crippen LogP contribution >= 0.6 is 0 Å². The van der Waals surface area contributed by atoms with Gasteiger partial charge in [0, 0.05) is 19.1 Å². The number of ether oxygens (including phenoxy) is 2. The Morgan fingerprint density at radius 3 is 2.70 bits per heavy atom. The van der Waals surface area contributed by atoms with Crippen LogP contribution in [0.1, 0.15) is 30.9 Å². The van der Waals surface area contributed by atoms with E-state index in [1.165, 1.54) is 22.8 Å². The lowest BCUT2D eigenvalue weighted by Crippen LogP contribution is -2.39. The van der Waals surface area contributed by atoms with Gasteiger partial charge in [-0.25, -0.2) is 0 Å². The van der Waals surface area contributed by atoms with E-state index in [0.717, 1.165) is 26.1 Å². The lowest BCUT2D eigenvalue weighted by atomic mass is 9.82. The van der Waals surface area contributed by atoms with Gasteiger partial charge in [0.1, 0.15) is 0 Å². The average molecular weight is 268 g/mol. The third-order valence-electron chi connectivity index (χ3n) is 4.68. The van der Waals surface area contributed by atoms with Crippen LogP contribution in [0.15, 0.2) is 42.5 Å². The smallest absolute Gasteiger partial charge is 0.0878 e. The summed E-state index contributed by atoms with van der Waals surface area (Å²) >= 11 is 0. The zero-order valence-corrected chi connectivity index (χ0v) is 11.6. The van der Waals surface area contributed by atoms with Gasteiger partial charge in [-0.3, -0.25) is 0 Å². The molecule has 2 nitrogen and oxygen atoms in total. The largest absolute Gasteiger partial charge is 0.378 e. The Hall–Kier alpha value is -1.38. The molecule has 3 atom stereocenters. The standard InChI is InChI=1S/C18H20O2/c1-2-5-14-12-15(8-7-13(14)4-1)18-16-6-3-10-19-17(16)9-11-20-18/h1-2,4-5,7-8,12,16-18H,3,6,9-11H2/t16-,17-,18-/m0/s1. The zero-order valence-electron chi connectivity index (χ0n) is 11.6. The summed E-state index contributed by atoms with van der Waals surface area (Å²) in [4.78, 5) is 0. The molecule has 104 valence electrons. The van der Waals surface area contributed by atoms with Crippen molar-refractivity contribution in [3.63, 3.8) is 0 Å². The van der Waals surface area contributed by atoms with Crippen LogP contribution in [0.2, 0.25) is 0 Å². The molecule has 0 radical (unpaired) electrons. The van der Waals surface area contributed by atoms with Crippen molar-refractivity contribution in [2.45, 2.75) is 31.5 Å². The summed E-state index contributed by atoms with van der Waals surface area (Å²) in [6.07, 6.45) is 4.04. The molecule has 2 aliphatic rings. The summed E-state index contributed by atoms with van der Waals surface area (Å²) in [5.41, 5.74) is 1.31. The first-order valence-corrected chi connectivity index (χ1v) is 7.64. The molecular weight excluding hydrogens is 248 g/mol. The Balaban J connectivity index is 1.69. The van der Waals surface area contributed by atoms with Crippen LogP contribution in [0.25, 0.3) is 10.8 Å². The second-order valence-electron chi connectivity index (χ2n) is 5.90. The molecule has 0 amide bonds. The van der Waals surface area contributed by atoms with E-state index in [1.807, 2.05) is 0 Å². The molecule has 0 bridgehead atoms. The molecular formula is C18H20O2. The molecule has 2 heteroatoms. The Bertz CT molecular complexity index is 605. The fourth-order valence-electron chi connectivity index (χ4n) is 3.67. The van der Waals surface area contributed by atoms with Gasteiger partial charge in [-0.05, 0) is 41.7 Å². The SMILES string of the molecule is c1ccc2cc([C@@H]3OCC[C@@H]4OCCC[C@@H]43)ccc2c1. The van der Waals surface area contributed by atoms with Gasteiger partial charge in [-0.1, -0.05) is 36.4 Å². The van der Waals surface area contributed by atoms with Gasteiger partial charge in [0.15, 0.2) is 0 Å². The highest BCUT2D eigenvalue weighted by atomic mass is 16.5. The number of hydrogen-bond acceptors (Lipinski definition) is 2. The lowest BCUT2D eigenvalue weighted by Gasteiger charge is -2.41. The number of fused-ring (bicyclic) bond motifs is 2. The molecule has 2 aromatic rings. The van der Waals surface area contributed by atoms with E-state index in [9.17, 15) is 0 Å². The quantitative estimate of drug-likeness (QED) is 0.775. The molecule has 20 heavy (non-hydrogen) atoms. The lowest BCUT2D eigenvalue weighted by molar-refractivity contribution is -0.142. The molecule has 2 aliphatic heterocycles. The summed E-state index contributed by atoms with van der Waals surface area (Å²) in [6, 6.07) is 15.2. The minimum Gasteiger partial charge on any atom is -0.378 e. The minimum absolute atomic E-state index is 0.207. The van der Waals surface area contributed by atoms with E-state index >= 15 is 0 Å². The van der Waals surface area contributed by atoms with Crippen molar-refractivity contribution in [1.82, 2.24) is 0 Å². The van der Waals surface area contributed by atoms with Crippen LogP contribution in [0.5, 0.6) is 0 Å². The summed E-state index contributed by atoms with van der Waals surface area (Å²) in [5.74, 6) is 0.527. The fraction of sp³-hybridized carbons (Fsp3) is 0.444. The molecule has 0 unspecified atom stereocenters. The Morgan fingerprint density at radius 2 is 1.75 bits per heavy atom. The van der Waals surface area contributed by atoms with Crippen LogP contribution in [-0.2, 0) is 9.47 Å². The van der Waals surface area contributed by atoms with Gasteiger partial charge in [0.25, 0.3) is 0 Å². The third-order valence-corrected chi connectivity index (χ3v) is 4.68. The van der Waals surface area contributed by atoms with Crippen molar-refractivity contribution < 1.29 is 9.47 Å². The van der Waals surface area contributed by atoms with Gasteiger partial charge in [0.05, 0.1) is 12.2 Å². The number of benzene rings is 2. The molecule has 0 aliphatic carbocycles. The molecule has 0 N–H and O–H groups in total. The van der Waals surface area contributed by atoms with Crippen molar-refractivity contribution in [2.24, 2.45) is 5.92 Å². The van der Waals surface area contributed by atoms with Crippen molar-refractivity contribution in [3.05, 3.63) is 48.0 Å². The summed E-state index contributed by atoms with van der Waals surface area (Å²) in [5, 5.41) is 2.59. The van der Waals surface area contributed by atoms with E-state index < -0.39 is 0 Å². The first kappa shape index (κ1) is 12.4. The van der Waals surface area contributed by atoms with Crippen LogP contribution in [-0.4, -0.2) is 19.3 Å². The molecule has 0 spiro atoms. The minimum atomic E-state index is 0.207. The first-order valence-electron chi connectivity index (χ1n) is 7.64. The summed E-state index contributed by atoms with van der Waals surface area (Å²) in [7, 11) is 0.